The van der Waals surface area contributed by atoms with Gasteiger partial charge in [-0.2, -0.15) is 0 Å². The predicted octanol–water partition coefficient (Wildman–Crippen LogP) is 0.738. The number of aliphatic carboxylic acids is 1. The van der Waals surface area contributed by atoms with Gasteiger partial charge >= 0.3 is 5.97 Å². The molecule has 0 aromatic heterocycles. The van der Waals surface area contributed by atoms with E-state index in [1.807, 2.05) is 24.3 Å². The summed E-state index contributed by atoms with van der Waals surface area (Å²) in [6.07, 6.45) is -0.0885. The van der Waals surface area contributed by atoms with Crippen LogP contribution >= 0.6 is 0 Å². The normalized spacial score (nSPS) is 17.5. The zero-order valence-electron chi connectivity index (χ0n) is 13.8. The number of ether oxygens (including phenoxy) is 1. The molecule has 2 N–H and O–H groups in total. The van der Waals surface area contributed by atoms with E-state index in [0.717, 1.165) is 17.5 Å². The highest BCUT2D eigenvalue weighted by atomic mass is 16.5. The van der Waals surface area contributed by atoms with Crippen LogP contribution in [0.15, 0.2) is 24.3 Å². The zero-order chi connectivity index (χ0) is 17.7. The second kappa shape index (κ2) is 7.92. The first-order chi connectivity index (χ1) is 11.4. The first-order valence-corrected chi connectivity index (χ1v) is 7.89. The second-order valence-corrected chi connectivity index (χ2v) is 5.73. The number of carbonyl (C=O) groups is 3. The minimum atomic E-state index is -1.10. The fourth-order valence-corrected chi connectivity index (χ4v) is 2.73. The molecule has 1 heterocycles. The highest BCUT2D eigenvalue weighted by molar-refractivity contribution is 5.87. The minimum absolute atomic E-state index is 0.105. The maximum atomic E-state index is 12.9. The third-order valence-corrected chi connectivity index (χ3v) is 4.05. The summed E-state index contributed by atoms with van der Waals surface area (Å²) in [7, 11) is 0. The van der Waals surface area contributed by atoms with Crippen molar-refractivity contribution in [2.75, 3.05) is 19.7 Å². The van der Waals surface area contributed by atoms with Gasteiger partial charge in [-0.05, 0) is 24.5 Å². The van der Waals surface area contributed by atoms with E-state index in [4.69, 9.17) is 4.74 Å². The molecule has 0 spiro atoms. The van der Waals surface area contributed by atoms with Gasteiger partial charge in [0.15, 0.2) is 6.10 Å². The smallest absolute Gasteiger partial charge is 0.326 e. The van der Waals surface area contributed by atoms with Gasteiger partial charge in [0.25, 0.3) is 5.91 Å². The summed E-state index contributed by atoms with van der Waals surface area (Å²) < 4.78 is 5.63. The Hall–Kier alpha value is -2.41. The van der Waals surface area contributed by atoms with E-state index in [2.05, 4.69) is 5.32 Å². The number of carbonyl (C=O) groups excluding carboxylic acids is 2. The Morgan fingerprint density at radius 2 is 2.08 bits per heavy atom. The molecular formula is C17H22N2O5. The van der Waals surface area contributed by atoms with Crippen molar-refractivity contribution in [3.05, 3.63) is 35.4 Å². The Kier molecular flexibility index (Phi) is 5.92. The van der Waals surface area contributed by atoms with Crippen LogP contribution in [0, 0.1) is 0 Å². The van der Waals surface area contributed by atoms with Gasteiger partial charge in [-0.1, -0.05) is 24.3 Å². The van der Waals surface area contributed by atoms with Crippen LogP contribution in [0.4, 0.5) is 0 Å². The van der Waals surface area contributed by atoms with Crippen LogP contribution in [-0.2, 0) is 25.5 Å². The van der Waals surface area contributed by atoms with Gasteiger partial charge in [-0.15, -0.1) is 0 Å². The Balaban J connectivity index is 2.21. The van der Waals surface area contributed by atoms with Crippen molar-refractivity contribution in [2.24, 2.45) is 0 Å². The summed E-state index contributed by atoms with van der Waals surface area (Å²) in [4.78, 5) is 36.5. The van der Waals surface area contributed by atoms with Gasteiger partial charge in [0.2, 0.25) is 5.91 Å². The topological polar surface area (TPSA) is 95.9 Å². The number of hydrogen-bond donors (Lipinski definition) is 2. The summed E-state index contributed by atoms with van der Waals surface area (Å²) in [5.74, 6) is -1.73. The molecular weight excluding hydrogens is 312 g/mol. The van der Waals surface area contributed by atoms with E-state index in [1.165, 1.54) is 18.7 Å². The van der Waals surface area contributed by atoms with Gasteiger partial charge in [0, 0.05) is 20.0 Å². The lowest BCUT2D eigenvalue weighted by molar-refractivity contribution is -0.156. The predicted molar refractivity (Wildman–Crippen MR) is 86.3 cm³/mol. The van der Waals surface area contributed by atoms with E-state index < -0.39 is 24.0 Å². The van der Waals surface area contributed by atoms with Crippen molar-refractivity contribution in [3.8, 4) is 0 Å². The summed E-state index contributed by atoms with van der Waals surface area (Å²) in [6.45, 7) is 3.52. The van der Waals surface area contributed by atoms with Gasteiger partial charge in [-0.3, -0.25) is 9.59 Å². The third kappa shape index (κ3) is 4.11. The summed E-state index contributed by atoms with van der Waals surface area (Å²) >= 11 is 0. The van der Waals surface area contributed by atoms with Crippen molar-refractivity contribution in [1.29, 1.82) is 0 Å². The summed E-state index contributed by atoms with van der Waals surface area (Å²) in [6, 6.07) is 6.49. The molecule has 2 amide bonds. The Morgan fingerprint density at radius 3 is 2.75 bits per heavy atom. The van der Waals surface area contributed by atoms with Crippen molar-refractivity contribution in [2.45, 2.75) is 32.4 Å². The molecule has 24 heavy (non-hydrogen) atoms. The van der Waals surface area contributed by atoms with Crippen molar-refractivity contribution < 1.29 is 24.2 Å². The number of nitrogens with zero attached hydrogens (tertiary/aromatic N) is 1. The van der Waals surface area contributed by atoms with Crippen molar-refractivity contribution in [3.63, 3.8) is 0 Å². The van der Waals surface area contributed by atoms with E-state index in [0.29, 0.717) is 6.61 Å². The van der Waals surface area contributed by atoms with Crippen molar-refractivity contribution >= 4 is 17.8 Å². The first kappa shape index (κ1) is 17.9. The molecule has 7 nitrogen and oxygen atoms in total. The molecule has 0 saturated heterocycles. The molecule has 0 aliphatic carbocycles. The molecule has 1 aliphatic rings. The minimum Gasteiger partial charge on any atom is -0.480 e. The fraction of sp³-hybridized carbons (Fsp3) is 0.471. The van der Waals surface area contributed by atoms with Gasteiger partial charge in [-0.25, -0.2) is 4.79 Å². The van der Waals surface area contributed by atoms with Crippen LogP contribution in [0.5, 0.6) is 0 Å². The monoisotopic (exact) mass is 334 g/mol. The fourth-order valence-electron chi connectivity index (χ4n) is 2.73. The summed E-state index contributed by atoms with van der Waals surface area (Å²) in [5, 5.41) is 11.9. The maximum absolute atomic E-state index is 12.9. The first-order valence-electron chi connectivity index (χ1n) is 7.89. The van der Waals surface area contributed by atoms with Crippen LogP contribution < -0.4 is 5.32 Å². The third-order valence-electron chi connectivity index (χ3n) is 4.05. The number of rotatable bonds is 6. The average molecular weight is 334 g/mol. The number of hydrogen-bond acceptors (Lipinski definition) is 4. The van der Waals surface area contributed by atoms with Crippen LogP contribution in [0.2, 0.25) is 0 Å². The molecule has 0 fully saturated rings. The Bertz CT molecular complexity index is 631. The van der Waals surface area contributed by atoms with E-state index in [9.17, 15) is 19.5 Å². The Labute approximate surface area is 140 Å². The van der Waals surface area contributed by atoms with Crippen LogP contribution in [0.3, 0.4) is 0 Å². The second-order valence-electron chi connectivity index (χ2n) is 5.73. The molecule has 0 saturated carbocycles. The molecule has 1 aliphatic heterocycles. The number of benzene rings is 1. The number of fused-ring (bicyclic) bond motifs is 1. The molecule has 2 unspecified atom stereocenters. The lowest BCUT2D eigenvalue weighted by atomic mass is 9.96. The SMILES string of the molecule is CC(=O)NCCN(C(=O)C1OCCc2ccccc21)C(C)C(=O)O. The van der Waals surface area contributed by atoms with E-state index in [1.54, 1.807) is 0 Å². The lowest BCUT2D eigenvalue weighted by Crippen LogP contribution is -2.49. The maximum Gasteiger partial charge on any atom is 0.326 e. The molecule has 130 valence electrons. The molecule has 0 radical (unpaired) electrons. The summed E-state index contributed by atoms with van der Waals surface area (Å²) in [5.41, 5.74) is 1.81. The van der Waals surface area contributed by atoms with Crippen LogP contribution in [0.25, 0.3) is 0 Å². The number of nitrogens with one attached hydrogen (secondary N) is 1. The van der Waals surface area contributed by atoms with Gasteiger partial charge in [0.1, 0.15) is 6.04 Å². The molecule has 2 atom stereocenters. The van der Waals surface area contributed by atoms with E-state index >= 15 is 0 Å². The van der Waals surface area contributed by atoms with Crippen LogP contribution in [0.1, 0.15) is 31.1 Å². The average Bonchev–Trinajstić information content (AvgIpc) is 2.56. The molecule has 0 bridgehead atoms. The molecule has 1 aromatic rings. The number of carboxylic acid groups (broad SMARTS) is 1. The quantitative estimate of drug-likeness (QED) is 0.800. The lowest BCUT2D eigenvalue weighted by Gasteiger charge is -2.33. The molecule has 1 aromatic carbocycles. The molecule has 2 rings (SSSR count). The zero-order valence-corrected chi connectivity index (χ0v) is 13.8. The van der Waals surface area contributed by atoms with Gasteiger partial charge < -0.3 is 20.1 Å². The van der Waals surface area contributed by atoms with Crippen LogP contribution in [-0.4, -0.2) is 53.5 Å². The molecule has 7 heteroatoms. The standard InChI is InChI=1S/C17H22N2O5/c1-11(17(22)23)19(9-8-18-12(2)20)16(21)15-14-6-4-3-5-13(14)7-10-24-15/h3-6,11,15H,7-10H2,1-2H3,(H,18,20)(H,22,23). The van der Waals surface area contributed by atoms with E-state index in [-0.39, 0.29) is 19.0 Å². The van der Waals surface area contributed by atoms with Crippen molar-refractivity contribution in [1.82, 2.24) is 10.2 Å². The highest BCUT2D eigenvalue weighted by Crippen LogP contribution is 2.29. The number of amides is 2. The largest absolute Gasteiger partial charge is 0.480 e. The van der Waals surface area contributed by atoms with Gasteiger partial charge in [0.05, 0.1) is 6.61 Å². The Morgan fingerprint density at radius 1 is 1.38 bits per heavy atom. The highest BCUT2D eigenvalue weighted by Gasteiger charge is 2.34. The number of carboxylic acids is 1.